The number of hydrogen-bond donors (Lipinski definition) is 1. The molecule has 0 fully saturated rings. The molecule has 0 atom stereocenters. The van der Waals surface area contributed by atoms with Gasteiger partial charge >= 0.3 is 6.18 Å². The normalized spacial score (nSPS) is 12.8. The van der Waals surface area contributed by atoms with Gasteiger partial charge in [0.15, 0.2) is 0 Å². The highest BCUT2D eigenvalue weighted by Crippen LogP contribution is 2.35. The van der Waals surface area contributed by atoms with Gasteiger partial charge in [0.25, 0.3) is 0 Å². The molecule has 0 aromatic heterocycles. The van der Waals surface area contributed by atoms with Crippen molar-refractivity contribution in [1.82, 2.24) is 4.72 Å². The van der Waals surface area contributed by atoms with Crippen LogP contribution in [0.3, 0.4) is 0 Å². The molecule has 0 saturated heterocycles. The Balaban J connectivity index is 3.45. The molecule has 1 aromatic carbocycles. The van der Waals surface area contributed by atoms with Gasteiger partial charge in [0.05, 0.1) is 10.5 Å². The molecule has 0 unspecified atom stereocenters. The van der Waals surface area contributed by atoms with Crippen LogP contribution < -0.4 is 4.72 Å². The number of sulfonamides is 1. The lowest BCUT2D eigenvalue weighted by molar-refractivity contribution is -0.139. The molecule has 1 aromatic rings. The quantitative estimate of drug-likeness (QED) is 0.929. The van der Waals surface area contributed by atoms with Gasteiger partial charge in [0.1, 0.15) is 0 Å². The van der Waals surface area contributed by atoms with Crippen molar-refractivity contribution >= 4 is 21.6 Å². The van der Waals surface area contributed by atoms with Crippen LogP contribution in [0.4, 0.5) is 13.2 Å². The van der Waals surface area contributed by atoms with Crippen LogP contribution in [0.5, 0.6) is 0 Å². The minimum atomic E-state index is -4.78. The standard InChI is InChI=1S/C9H9ClF3NO2S/c1-2-14-17(15,16)8-4-3-6(10)5-7(8)9(11,12)13/h3-5,14H,2H2,1H3. The van der Waals surface area contributed by atoms with Crippen LogP contribution in [0.15, 0.2) is 23.1 Å². The predicted molar refractivity (Wildman–Crippen MR) is 57.3 cm³/mol. The van der Waals surface area contributed by atoms with Crippen LogP contribution in [0.2, 0.25) is 5.02 Å². The average molecular weight is 288 g/mol. The number of hydrogen-bond acceptors (Lipinski definition) is 2. The van der Waals surface area contributed by atoms with Gasteiger partial charge < -0.3 is 0 Å². The summed E-state index contributed by atoms with van der Waals surface area (Å²) >= 11 is 5.43. The molecule has 1 N–H and O–H groups in total. The summed E-state index contributed by atoms with van der Waals surface area (Å²) in [6.45, 7) is 1.48. The molecular formula is C9H9ClF3NO2S. The third-order valence-corrected chi connectivity index (χ3v) is 3.71. The topological polar surface area (TPSA) is 46.2 Å². The van der Waals surface area contributed by atoms with E-state index in [0.29, 0.717) is 6.07 Å². The molecule has 0 aliphatic rings. The number of benzene rings is 1. The lowest BCUT2D eigenvalue weighted by Gasteiger charge is -2.13. The first-order valence-electron chi connectivity index (χ1n) is 4.55. The van der Waals surface area contributed by atoms with Crippen LogP contribution in [0.1, 0.15) is 12.5 Å². The second kappa shape index (κ2) is 4.83. The summed E-state index contributed by atoms with van der Waals surface area (Å²) in [7, 11) is -4.17. The van der Waals surface area contributed by atoms with Gasteiger partial charge in [0.2, 0.25) is 10.0 Å². The summed E-state index contributed by atoms with van der Waals surface area (Å²) in [6, 6.07) is 2.52. The van der Waals surface area contributed by atoms with Crippen molar-refractivity contribution in [3.63, 3.8) is 0 Å². The first kappa shape index (κ1) is 14.3. The van der Waals surface area contributed by atoms with Crippen molar-refractivity contribution in [1.29, 1.82) is 0 Å². The Hall–Kier alpha value is -0.790. The summed E-state index contributed by atoms with van der Waals surface area (Å²) in [5.74, 6) is 0. The molecule has 1 rings (SSSR count). The van der Waals surface area contributed by atoms with E-state index in [1.807, 2.05) is 4.72 Å². The SMILES string of the molecule is CCNS(=O)(=O)c1ccc(Cl)cc1C(F)(F)F. The molecule has 8 heteroatoms. The van der Waals surface area contributed by atoms with Crippen molar-refractivity contribution in [3.8, 4) is 0 Å². The molecule has 96 valence electrons. The van der Waals surface area contributed by atoms with Crippen LogP contribution in [-0.2, 0) is 16.2 Å². The molecule has 0 saturated carbocycles. The molecular weight excluding hydrogens is 279 g/mol. The van der Waals surface area contributed by atoms with Gasteiger partial charge in [-0.3, -0.25) is 0 Å². The average Bonchev–Trinajstić information content (AvgIpc) is 2.15. The van der Waals surface area contributed by atoms with Gasteiger partial charge in [-0.25, -0.2) is 13.1 Å². The zero-order valence-corrected chi connectivity index (χ0v) is 10.2. The highest BCUT2D eigenvalue weighted by atomic mass is 35.5. The summed E-state index contributed by atoms with van der Waals surface area (Å²) in [4.78, 5) is -0.823. The predicted octanol–water partition coefficient (Wildman–Crippen LogP) is 2.66. The Kier molecular flexibility index (Phi) is 4.06. The van der Waals surface area contributed by atoms with Gasteiger partial charge in [0, 0.05) is 11.6 Å². The molecule has 0 aliphatic carbocycles. The van der Waals surface area contributed by atoms with Crippen LogP contribution >= 0.6 is 11.6 Å². The van der Waals surface area contributed by atoms with Crippen molar-refractivity contribution in [2.24, 2.45) is 0 Å². The van der Waals surface area contributed by atoms with E-state index in [-0.39, 0.29) is 11.6 Å². The molecule has 0 radical (unpaired) electrons. The van der Waals surface area contributed by atoms with Crippen molar-refractivity contribution in [2.45, 2.75) is 18.0 Å². The zero-order chi connectivity index (χ0) is 13.3. The number of halogens is 4. The monoisotopic (exact) mass is 287 g/mol. The minimum absolute atomic E-state index is 0.00224. The number of rotatable bonds is 3. The summed E-state index contributed by atoms with van der Waals surface area (Å²) in [6.07, 6.45) is -4.78. The van der Waals surface area contributed by atoms with Crippen molar-refractivity contribution in [3.05, 3.63) is 28.8 Å². The largest absolute Gasteiger partial charge is 0.417 e. The first-order chi connectivity index (χ1) is 7.68. The molecule has 3 nitrogen and oxygen atoms in total. The maximum atomic E-state index is 12.6. The van der Waals surface area contributed by atoms with Gasteiger partial charge in [-0.15, -0.1) is 0 Å². The Morgan fingerprint density at radius 3 is 2.41 bits per heavy atom. The van der Waals surface area contributed by atoms with Gasteiger partial charge in [-0.1, -0.05) is 18.5 Å². The molecule has 0 heterocycles. The second-order valence-electron chi connectivity index (χ2n) is 3.14. The zero-order valence-electron chi connectivity index (χ0n) is 8.68. The summed E-state index contributed by atoms with van der Waals surface area (Å²) in [5.41, 5.74) is -1.27. The van der Waals surface area contributed by atoms with E-state index in [1.54, 1.807) is 0 Å². The lowest BCUT2D eigenvalue weighted by Crippen LogP contribution is -2.26. The smallest absolute Gasteiger partial charge is 0.211 e. The Labute approximate surface area is 102 Å². The van der Waals surface area contributed by atoms with Gasteiger partial charge in [-0.05, 0) is 18.2 Å². The van der Waals surface area contributed by atoms with E-state index in [4.69, 9.17) is 11.6 Å². The van der Waals surface area contributed by atoms with E-state index >= 15 is 0 Å². The van der Waals surface area contributed by atoms with Gasteiger partial charge in [-0.2, -0.15) is 13.2 Å². The van der Waals surface area contributed by atoms with E-state index in [1.165, 1.54) is 6.92 Å². The first-order valence-corrected chi connectivity index (χ1v) is 6.41. The van der Waals surface area contributed by atoms with E-state index in [2.05, 4.69) is 0 Å². The van der Waals surface area contributed by atoms with Crippen LogP contribution in [0, 0.1) is 0 Å². The third-order valence-electron chi connectivity index (χ3n) is 1.87. The Bertz CT molecular complexity index is 513. The van der Waals surface area contributed by atoms with Crippen molar-refractivity contribution < 1.29 is 21.6 Å². The molecule has 0 aliphatic heterocycles. The molecule has 0 spiro atoms. The number of alkyl halides is 3. The second-order valence-corrected chi connectivity index (χ2v) is 5.31. The van der Waals surface area contributed by atoms with Crippen molar-refractivity contribution in [2.75, 3.05) is 6.54 Å². The summed E-state index contributed by atoms with van der Waals surface area (Å²) in [5, 5.41) is -0.173. The lowest BCUT2D eigenvalue weighted by atomic mass is 10.2. The van der Waals surface area contributed by atoms with E-state index < -0.39 is 26.7 Å². The fourth-order valence-corrected chi connectivity index (χ4v) is 2.64. The number of nitrogens with one attached hydrogen (secondary N) is 1. The molecule has 0 amide bonds. The fourth-order valence-electron chi connectivity index (χ4n) is 1.23. The fraction of sp³-hybridized carbons (Fsp3) is 0.333. The highest BCUT2D eigenvalue weighted by molar-refractivity contribution is 7.89. The summed E-state index contributed by atoms with van der Waals surface area (Å²) < 4.78 is 63.1. The molecule has 17 heavy (non-hydrogen) atoms. The van der Waals surface area contributed by atoms with Crippen LogP contribution in [-0.4, -0.2) is 15.0 Å². The maximum Gasteiger partial charge on any atom is 0.417 e. The Morgan fingerprint density at radius 2 is 1.94 bits per heavy atom. The third kappa shape index (κ3) is 3.34. The highest BCUT2D eigenvalue weighted by Gasteiger charge is 2.37. The maximum absolute atomic E-state index is 12.6. The van der Waals surface area contributed by atoms with Crippen LogP contribution in [0.25, 0.3) is 0 Å². The molecule has 0 bridgehead atoms. The minimum Gasteiger partial charge on any atom is -0.211 e. The van der Waals surface area contributed by atoms with E-state index in [0.717, 1.165) is 12.1 Å². The van der Waals surface area contributed by atoms with E-state index in [9.17, 15) is 21.6 Å². The Morgan fingerprint density at radius 1 is 1.35 bits per heavy atom.